The van der Waals surface area contributed by atoms with Crippen LogP contribution in [0.5, 0.6) is 0 Å². The Kier molecular flexibility index (Phi) is 2.76. The van der Waals surface area contributed by atoms with Crippen molar-refractivity contribution in [2.45, 2.75) is 36.9 Å². The molecule has 2 aliphatic rings. The molecule has 84 valence electrons. The van der Waals surface area contributed by atoms with Crippen molar-refractivity contribution in [2.24, 2.45) is 0 Å². The van der Waals surface area contributed by atoms with Crippen LogP contribution in [-0.4, -0.2) is 16.8 Å². The van der Waals surface area contributed by atoms with Crippen molar-refractivity contribution in [3.8, 4) is 0 Å². The second-order valence-corrected chi connectivity index (χ2v) is 6.08. The molecule has 0 spiro atoms. The molecule has 2 heteroatoms. The summed E-state index contributed by atoms with van der Waals surface area (Å²) in [6.45, 7) is 0. The van der Waals surface area contributed by atoms with Gasteiger partial charge in [-0.2, -0.15) is 11.8 Å². The molecule has 1 aromatic rings. The van der Waals surface area contributed by atoms with E-state index >= 15 is 0 Å². The number of ketones is 1. The number of thioether (sulfide) groups is 1. The predicted molar refractivity (Wildman–Crippen MR) is 68.0 cm³/mol. The van der Waals surface area contributed by atoms with Crippen LogP contribution in [0, 0.1) is 0 Å². The largest absolute Gasteiger partial charge is 0.298 e. The first kappa shape index (κ1) is 10.4. The Hall–Kier alpha value is -0.760. The third kappa shape index (κ3) is 1.80. The van der Waals surface area contributed by atoms with Gasteiger partial charge in [0.15, 0.2) is 0 Å². The number of hydrogen-bond donors (Lipinski definition) is 0. The standard InChI is InChI=1S/C14H16OS/c15-13(14-6-3-7-16-14)9-11-8-10-4-1-2-5-12(10)11/h1-2,4-5,11,14H,3,6-9H2. The number of rotatable bonds is 3. The van der Waals surface area contributed by atoms with Crippen LogP contribution in [0.2, 0.25) is 0 Å². The third-order valence-electron chi connectivity index (χ3n) is 3.70. The zero-order valence-electron chi connectivity index (χ0n) is 9.32. The second-order valence-electron chi connectivity index (χ2n) is 4.77. The van der Waals surface area contributed by atoms with E-state index in [1.54, 1.807) is 0 Å². The summed E-state index contributed by atoms with van der Waals surface area (Å²) in [5.41, 5.74) is 2.86. The van der Waals surface area contributed by atoms with Crippen LogP contribution in [0.15, 0.2) is 24.3 Å². The van der Waals surface area contributed by atoms with Crippen molar-refractivity contribution in [3.05, 3.63) is 35.4 Å². The lowest BCUT2D eigenvalue weighted by atomic mass is 9.75. The number of carbonyl (C=O) groups is 1. The van der Waals surface area contributed by atoms with Crippen molar-refractivity contribution >= 4 is 17.5 Å². The number of hydrogen-bond acceptors (Lipinski definition) is 2. The lowest BCUT2D eigenvalue weighted by Crippen LogP contribution is -2.24. The molecule has 1 aliphatic carbocycles. The van der Waals surface area contributed by atoms with Crippen LogP contribution in [0.4, 0.5) is 0 Å². The van der Waals surface area contributed by atoms with Crippen LogP contribution in [0.3, 0.4) is 0 Å². The van der Waals surface area contributed by atoms with Crippen molar-refractivity contribution in [2.75, 3.05) is 5.75 Å². The van der Waals surface area contributed by atoms with E-state index in [0.29, 0.717) is 17.0 Å². The third-order valence-corrected chi connectivity index (χ3v) is 5.12. The fourth-order valence-electron chi connectivity index (χ4n) is 2.75. The highest BCUT2D eigenvalue weighted by Gasteiger charge is 2.31. The minimum atomic E-state index is 0.313. The summed E-state index contributed by atoms with van der Waals surface area (Å²) in [7, 11) is 0. The van der Waals surface area contributed by atoms with Crippen LogP contribution in [0.25, 0.3) is 0 Å². The van der Waals surface area contributed by atoms with E-state index in [-0.39, 0.29) is 0 Å². The van der Waals surface area contributed by atoms with E-state index in [9.17, 15) is 4.79 Å². The summed E-state index contributed by atoms with van der Waals surface area (Å²) in [6, 6.07) is 8.53. The van der Waals surface area contributed by atoms with Crippen molar-refractivity contribution in [3.63, 3.8) is 0 Å². The molecule has 0 amide bonds. The van der Waals surface area contributed by atoms with Gasteiger partial charge in [-0.3, -0.25) is 4.79 Å². The van der Waals surface area contributed by atoms with Crippen molar-refractivity contribution in [1.29, 1.82) is 0 Å². The summed E-state index contributed by atoms with van der Waals surface area (Å²) in [6.07, 6.45) is 4.22. The van der Waals surface area contributed by atoms with Crippen molar-refractivity contribution in [1.82, 2.24) is 0 Å². The maximum atomic E-state index is 12.0. The van der Waals surface area contributed by atoms with Gasteiger partial charge in [0.05, 0.1) is 5.25 Å². The van der Waals surface area contributed by atoms with Gasteiger partial charge in [0, 0.05) is 6.42 Å². The number of benzene rings is 1. The van der Waals surface area contributed by atoms with Gasteiger partial charge in [-0.25, -0.2) is 0 Å². The molecule has 3 rings (SSSR count). The van der Waals surface area contributed by atoms with Crippen LogP contribution in [-0.2, 0) is 11.2 Å². The smallest absolute Gasteiger partial charge is 0.146 e. The maximum absolute atomic E-state index is 12.0. The monoisotopic (exact) mass is 232 g/mol. The van der Waals surface area contributed by atoms with Gasteiger partial charge in [-0.05, 0) is 42.1 Å². The van der Waals surface area contributed by atoms with Gasteiger partial charge in [0.2, 0.25) is 0 Å². The van der Waals surface area contributed by atoms with Gasteiger partial charge in [-0.1, -0.05) is 24.3 Å². The summed E-state index contributed by atoms with van der Waals surface area (Å²) < 4.78 is 0. The highest BCUT2D eigenvalue weighted by atomic mass is 32.2. The lowest BCUT2D eigenvalue weighted by molar-refractivity contribution is -0.119. The Bertz CT molecular complexity index is 407. The molecule has 16 heavy (non-hydrogen) atoms. The van der Waals surface area contributed by atoms with Gasteiger partial charge in [0.1, 0.15) is 5.78 Å². The van der Waals surface area contributed by atoms with Gasteiger partial charge >= 0.3 is 0 Å². The van der Waals surface area contributed by atoms with E-state index in [4.69, 9.17) is 0 Å². The molecule has 1 nitrogen and oxygen atoms in total. The zero-order chi connectivity index (χ0) is 11.0. The Morgan fingerprint density at radius 2 is 2.25 bits per heavy atom. The molecule has 0 radical (unpaired) electrons. The van der Waals surface area contributed by atoms with E-state index in [0.717, 1.165) is 19.3 Å². The second kappa shape index (κ2) is 4.25. The van der Waals surface area contributed by atoms with Crippen LogP contribution < -0.4 is 0 Å². The predicted octanol–water partition coefficient (Wildman–Crippen LogP) is 3.18. The molecular weight excluding hydrogens is 216 g/mol. The molecule has 1 saturated heterocycles. The molecular formula is C14H16OS. The maximum Gasteiger partial charge on any atom is 0.146 e. The minimum Gasteiger partial charge on any atom is -0.298 e. The molecule has 1 heterocycles. The molecule has 0 aromatic heterocycles. The Morgan fingerprint density at radius 1 is 1.38 bits per heavy atom. The lowest BCUT2D eigenvalue weighted by Gasteiger charge is -2.30. The van der Waals surface area contributed by atoms with Crippen LogP contribution >= 0.6 is 11.8 Å². The first-order valence-corrected chi connectivity index (χ1v) is 7.11. The Morgan fingerprint density at radius 3 is 3.00 bits per heavy atom. The summed E-state index contributed by atoms with van der Waals surface area (Å²) >= 11 is 1.86. The molecule has 2 atom stereocenters. The van der Waals surface area contributed by atoms with Gasteiger partial charge in [0.25, 0.3) is 0 Å². The summed E-state index contributed by atoms with van der Waals surface area (Å²) in [4.78, 5) is 12.0. The zero-order valence-corrected chi connectivity index (χ0v) is 10.1. The first-order valence-electron chi connectivity index (χ1n) is 6.07. The number of Topliss-reactive ketones (excluding diaryl/α,β-unsaturated/α-hetero) is 1. The van der Waals surface area contributed by atoms with E-state index in [1.807, 2.05) is 11.8 Å². The fraction of sp³-hybridized carbons (Fsp3) is 0.500. The molecule has 1 aromatic carbocycles. The Labute approximate surface area is 101 Å². The van der Waals surface area contributed by atoms with E-state index in [1.165, 1.54) is 23.3 Å². The molecule has 0 bridgehead atoms. The number of fused-ring (bicyclic) bond motifs is 1. The number of carbonyl (C=O) groups excluding carboxylic acids is 1. The normalized spacial score (nSPS) is 27.2. The average Bonchev–Trinajstić information content (AvgIpc) is 2.79. The highest BCUT2D eigenvalue weighted by molar-refractivity contribution is 8.00. The molecule has 0 saturated carbocycles. The molecule has 0 N–H and O–H groups in total. The fourth-order valence-corrected chi connectivity index (χ4v) is 3.98. The Balaban J connectivity index is 1.63. The van der Waals surface area contributed by atoms with Gasteiger partial charge < -0.3 is 0 Å². The minimum absolute atomic E-state index is 0.313. The summed E-state index contributed by atoms with van der Waals surface area (Å²) in [5, 5.41) is 0.313. The van der Waals surface area contributed by atoms with E-state index in [2.05, 4.69) is 24.3 Å². The summed E-state index contributed by atoms with van der Waals surface area (Å²) in [5.74, 6) is 2.18. The van der Waals surface area contributed by atoms with Crippen molar-refractivity contribution < 1.29 is 4.79 Å². The quantitative estimate of drug-likeness (QED) is 0.796. The topological polar surface area (TPSA) is 17.1 Å². The van der Waals surface area contributed by atoms with E-state index < -0.39 is 0 Å². The SMILES string of the molecule is O=C(CC1Cc2ccccc21)C1CCCS1. The van der Waals surface area contributed by atoms with Crippen LogP contribution in [0.1, 0.15) is 36.3 Å². The molecule has 2 unspecified atom stereocenters. The van der Waals surface area contributed by atoms with Gasteiger partial charge in [-0.15, -0.1) is 0 Å². The molecule has 1 fully saturated rings. The highest BCUT2D eigenvalue weighted by Crippen LogP contribution is 2.39. The first-order chi connectivity index (χ1) is 7.84. The molecule has 1 aliphatic heterocycles. The average molecular weight is 232 g/mol.